The molecule has 2 aromatic rings. The number of ether oxygens (including phenoxy) is 1. The van der Waals surface area contributed by atoms with Crippen LogP contribution in [0.4, 0.5) is 0 Å². The lowest BCUT2D eigenvalue weighted by Gasteiger charge is -2.14. The molecule has 1 atom stereocenters. The molecular formula is C21H27N3O5S. The predicted octanol–water partition coefficient (Wildman–Crippen LogP) is 1.98. The third kappa shape index (κ3) is 4.91. The van der Waals surface area contributed by atoms with Gasteiger partial charge < -0.3 is 14.6 Å². The van der Waals surface area contributed by atoms with E-state index >= 15 is 0 Å². The van der Waals surface area contributed by atoms with Crippen LogP contribution in [0.1, 0.15) is 41.4 Å². The Morgan fingerprint density at radius 3 is 2.43 bits per heavy atom. The summed E-state index contributed by atoms with van der Waals surface area (Å²) < 4.78 is 33.5. The second-order valence-corrected chi connectivity index (χ2v) is 9.47. The van der Waals surface area contributed by atoms with Gasteiger partial charge in [-0.15, -0.1) is 0 Å². The smallest absolute Gasteiger partial charge is 0.355 e. The van der Waals surface area contributed by atoms with E-state index < -0.39 is 28.0 Å². The van der Waals surface area contributed by atoms with Crippen LogP contribution in [-0.2, 0) is 33.1 Å². The first-order valence-corrected chi connectivity index (χ1v) is 11.3. The Morgan fingerprint density at radius 2 is 1.80 bits per heavy atom. The van der Waals surface area contributed by atoms with E-state index in [9.17, 15) is 18.0 Å². The molecular weight excluding hydrogens is 406 g/mol. The van der Waals surface area contributed by atoms with Crippen LogP contribution in [0.15, 0.2) is 41.4 Å². The molecule has 3 rings (SSSR count). The van der Waals surface area contributed by atoms with E-state index in [2.05, 4.69) is 5.32 Å². The zero-order chi connectivity index (χ0) is 21.9. The Labute approximate surface area is 176 Å². The predicted molar refractivity (Wildman–Crippen MR) is 111 cm³/mol. The van der Waals surface area contributed by atoms with E-state index in [0.29, 0.717) is 19.6 Å². The van der Waals surface area contributed by atoms with E-state index in [1.54, 1.807) is 7.05 Å². The number of rotatable bonds is 7. The normalized spacial score (nSPS) is 15.7. The minimum Gasteiger partial charge on any atom is -0.448 e. The molecule has 0 aliphatic carbocycles. The summed E-state index contributed by atoms with van der Waals surface area (Å²) in [6.45, 7) is 4.75. The fraction of sp³-hybridized carbons (Fsp3) is 0.429. The second-order valence-electron chi connectivity index (χ2n) is 7.53. The number of carbonyl (C=O) groups is 2. The van der Waals surface area contributed by atoms with Gasteiger partial charge in [-0.25, -0.2) is 13.2 Å². The number of aromatic nitrogens is 1. The van der Waals surface area contributed by atoms with Gasteiger partial charge in [-0.05, 0) is 38.3 Å². The van der Waals surface area contributed by atoms with Crippen LogP contribution < -0.4 is 5.32 Å². The maximum atomic E-state index is 12.7. The summed E-state index contributed by atoms with van der Waals surface area (Å²) in [5.41, 5.74) is 2.14. The summed E-state index contributed by atoms with van der Waals surface area (Å²) in [4.78, 5) is 24.8. The van der Waals surface area contributed by atoms with Gasteiger partial charge in [0.25, 0.3) is 5.91 Å². The molecule has 1 unspecified atom stereocenters. The summed E-state index contributed by atoms with van der Waals surface area (Å²) in [6.07, 6.45) is 2.04. The molecule has 30 heavy (non-hydrogen) atoms. The fourth-order valence-corrected chi connectivity index (χ4v) is 4.86. The van der Waals surface area contributed by atoms with Crippen LogP contribution in [0.25, 0.3) is 0 Å². The van der Waals surface area contributed by atoms with Crippen LogP contribution >= 0.6 is 0 Å². The average Bonchev–Trinajstić information content (AvgIpc) is 3.37. The highest BCUT2D eigenvalue weighted by atomic mass is 32.2. The van der Waals surface area contributed by atoms with Gasteiger partial charge in [-0.2, -0.15) is 4.31 Å². The Balaban J connectivity index is 1.61. The van der Waals surface area contributed by atoms with Gasteiger partial charge in [-0.3, -0.25) is 4.79 Å². The first kappa shape index (κ1) is 22.0. The van der Waals surface area contributed by atoms with Crippen LogP contribution in [0, 0.1) is 6.92 Å². The van der Waals surface area contributed by atoms with Crippen molar-refractivity contribution in [2.24, 2.45) is 7.05 Å². The average molecular weight is 434 g/mol. The van der Waals surface area contributed by atoms with E-state index in [1.807, 2.05) is 31.2 Å². The van der Waals surface area contributed by atoms with Crippen LogP contribution in [0.3, 0.4) is 0 Å². The van der Waals surface area contributed by atoms with Crippen LogP contribution in [-0.4, -0.2) is 48.4 Å². The third-order valence-electron chi connectivity index (χ3n) is 5.13. The first-order chi connectivity index (χ1) is 14.2. The molecule has 0 radical (unpaired) electrons. The van der Waals surface area contributed by atoms with E-state index in [4.69, 9.17) is 4.74 Å². The van der Waals surface area contributed by atoms with E-state index in [-0.39, 0.29) is 10.6 Å². The largest absolute Gasteiger partial charge is 0.448 e. The molecule has 0 saturated carbocycles. The molecule has 8 nitrogen and oxygen atoms in total. The Bertz CT molecular complexity index is 1020. The fourth-order valence-electron chi connectivity index (χ4n) is 3.27. The molecule has 1 saturated heterocycles. The summed E-state index contributed by atoms with van der Waals surface area (Å²) >= 11 is 0. The number of nitrogens with one attached hydrogen (secondary N) is 1. The topological polar surface area (TPSA) is 97.7 Å². The van der Waals surface area contributed by atoms with Gasteiger partial charge in [0, 0.05) is 32.9 Å². The molecule has 1 aromatic heterocycles. The highest BCUT2D eigenvalue weighted by Gasteiger charge is 2.30. The van der Waals surface area contributed by atoms with Crippen molar-refractivity contribution < 1.29 is 22.7 Å². The lowest BCUT2D eigenvalue weighted by Crippen LogP contribution is -2.35. The number of hydrogen-bond donors (Lipinski definition) is 1. The highest BCUT2D eigenvalue weighted by Crippen LogP contribution is 2.23. The summed E-state index contributed by atoms with van der Waals surface area (Å²) in [7, 11) is -2.06. The zero-order valence-corrected chi connectivity index (χ0v) is 18.2. The molecule has 1 N–H and O–H groups in total. The number of amides is 1. The van der Waals surface area contributed by atoms with Crippen molar-refractivity contribution >= 4 is 21.9 Å². The quantitative estimate of drug-likeness (QED) is 0.674. The SMILES string of the molecule is Cc1ccc(CNC(=O)C(C)OC(=O)c2cc(S(=O)(=O)N3CCCC3)cn2C)cc1. The molecule has 1 amide bonds. The van der Waals surface area contributed by atoms with Gasteiger partial charge in [-0.1, -0.05) is 29.8 Å². The van der Waals surface area contributed by atoms with Crippen molar-refractivity contribution in [3.8, 4) is 0 Å². The molecule has 9 heteroatoms. The van der Waals surface area contributed by atoms with E-state index in [0.717, 1.165) is 24.0 Å². The second kappa shape index (κ2) is 9.01. The monoisotopic (exact) mass is 433 g/mol. The number of esters is 1. The maximum Gasteiger partial charge on any atom is 0.355 e. The minimum absolute atomic E-state index is 0.0512. The van der Waals surface area contributed by atoms with Gasteiger partial charge in [0.15, 0.2) is 6.10 Å². The Kier molecular flexibility index (Phi) is 6.62. The number of carbonyl (C=O) groups excluding carboxylic acids is 2. The van der Waals surface area contributed by atoms with Gasteiger partial charge in [0.05, 0.1) is 0 Å². The van der Waals surface area contributed by atoms with Gasteiger partial charge in [0.2, 0.25) is 10.0 Å². The standard InChI is InChI=1S/C21H27N3O5S/c1-15-6-8-17(9-7-15)13-22-20(25)16(2)29-21(26)19-12-18(14-23(19)3)30(27,28)24-10-4-5-11-24/h6-9,12,14,16H,4-5,10-11,13H2,1-3H3,(H,22,25). The number of sulfonamides is 1. The van der Waals surface area contributed by atoms with E-state index in [1.165, 1.54) is 28.1 Å². The van der Waals surface area contributed by atoms with Crippen LogP contribution in [0.5, 0.6) is 0 Å². The maximum absolute atomic E-state index is 12.7. The summed E-state index contributed by atoms with van der Waals surface area (Å²) in [6, 6.07) is 9.03. The molecule has 1 aliphatic heterocycles. The van der Waals surface area contributed by atoms with Gasteiger partial charge >= 0.3 is 5.97 Å². The lowest BCUT2D eigenvalue weighted by molar-refractivity contribution is -0.129. The zero-order valence-electron chi connectivity index (χ0n) is 17.4. The van der Waals surface area contributed by atoms with Crippen LogP contribution in [0.2, 0.25) is 0 Å². The lowest BCUT2D eigenvalue weighted by atomic mass is 10.1. The summed E-state index contributed by atoms with van der Waals surface area (Å²) in [5.74, 6) is -1.18. The molecule has 0 bridgehead atoms. The third-order valence-corrected chi connectivity index (χ3v) is 7.00. The van der Waals surface area contributed by atoms with Crippen molar-refractivity contribution in [3.63, 3.8) is 0 Å². The Morgan fingerprint density at radius 1 is 1.17 bits per heavy atom. The highest BCUT2D eigenvalue weighted by molar-refractivity contribution is 7.89. The molecule has 2 heterocycles. The van der Waals surface area contributed by atoms with Crippen molar-refractivity contribution in [1.82, 2.24) is 14.2 Å². The number of benzene rings is 1. The minimum atomic E-state index is -3.64. The van der Waals surface area contributed by atoms with Crippen molar-refractivity contribution in [2.45, 2.75) is 44.2 Å². The molecule has 1 aromatic carbocycles. The summed E-state index contributed by atoms with van der Waals surface area (Å²) in [5, 5.41) is 2.73. The molecule has 1 fully saturated rings. The van der Waals surface area contributed by atoms with Crippen molar-refractivity contribution in [2.75, 3.05) is 13.1 Å². The van der Waals surface area contributed by atoms with Crippen molar-refractivity contribution in [1.29, 1.82) is 0 Å². The number of aryl methyl sites for hydroxylation is 2. The molecule has 0 spiro atoms. The molecule has 1 aliphatic rings. The molecule has 162 valence electrons. The van der Waals surface area contributed by atoms with Crippen molar-refractivity contribution in [3.05, 3.63) is 53.3 Å². The Hall–Kier alpha value is -2.65. The first-order valence-electron chi connectivity index (χ1n) is 9.89. The number of hydrogen-bond acceptors (Lipinski definition) is 5. The number of nitrogens with zero attached hydrogens (tertiary/aromatic N) is 2. The van der Waals surface area contributed by atoms with Gasteiger partial charge in [0.1, 0.15) is 10.6 Å².